The van der Waals surface area contributed by atoms with Gasteiger partial charge in [-0.15, -0.1) is 0 Å². The Labute approximate surface area is 90.5 Å². The molecule has 0 radical (unpaired) electrons. The van der Waals surface area contributed by atoms with Crippen molar-refractivity contribution in [2.45, 2.75) is 73.3 Å². The van der Waals surface area contributed by atoms with Crippen molar-refractivity contribution in [1.29, 1.82) is 0 Å². The molecule has 86 valence electrons. The van der Waals surface area contributed by atoms with Crippen molar-refractivity contribution in [1.82, 2.24) is 0 Å². The van der Waals surface area contributed by atoms with E-state index in [2.05, 4.69) is 41.5 Å². The van der Waals surface area contributed by atoms with Gasteiger partial charge in [0.2, 0.25) is 0 Å². The van der Waals surface area contributed by atoms with Gasteiger partial charge in [-0.2, -0.15) is 0 Å². The van der Waals surface area contributed by atoms with Gasteiger partial charge >= 0.3 is 0 Å². The van der Waals surface area contributed by atoms with Gasteiger partial charge in [0.25, 0.3) is 0 Å². The normalized spacial score (nSPS) is 15.6. The molecule has 0 fully saturated rings. The molecule has 2 N–H and O–H groups in total. The van der Waals surface area contributed by atoms with Crippen LogP contribution in [0.2, 0.25) is 0 Å². The lowest BCUT2D eigenvalue weighted by atomic mass is 9.72. The van der Waals surface area contributed by atoms with Crippen LogP contribution in [0.4, 0.5) is 0 Å². The van der Waals surface area contributed by atoms with E-state index in [1.54, 1.807) is 0 Å². The maximum atomic E-state index is 6.30. The lowest BCUT2D eigenvalue weighted by Gasteiger charge is -2.36. The van der Waals surface area contributed by atoms with E-state index < -0.39 is 0 Å². The predicted molar refractivity (Wildman–Crippen MR) is 65.4 cm³/mol. The van der Waals surface area contributed by atoms with Crippen LogP contribution in [0.5, 0.6) is 0 Å². The molecule has 0 spiro atoms. The Bertz CT molecular complexity index is 159. The Hall–Kier alpha value is -0.0400. The summed E-state index contributed by atoms with van der Waals surface area (Å²) in [5.41, 5.74) is 6.99. The largest absolute Gasteiger partial charge is 0.327 e. The third-order valence-corrected chi connectivity index (χ3v) is 3.63. The molecule has 1 unspecified atom stereocenters. The van der Waals surface area contributed by atoms with E-state index in [0.29, 0.717) is 16.9 Å². The minimum atomic E-state index is 0.293. The van der Waals surface area contributed by atoms with Crippen LogP contribution < -0.4 is 5.73 Å². The highest BCUT2D eigenvalue weighted by Gasteiger charge is 2.30. The second-order valence-corrected chi connectivity index (χ2v) is 6.07. The van der Waals surface area contributed by atoms with Crippen LogP contribution in [0.1, 0.15) is 67.2 Å². The zero-order valence-electron chi connectivity index (χ0n) is 11.0. The summed E-state index contributed by atoms with van der Waals surface area (Å²) < 4.78 is 0. The number of hydrogen-bond acceptors (Lipinski definition) is 1. The fourth-order valence-corrected chi connectivity index (χ4v) is 1.85. The second kappa shape index (κ2) is 5.16. The highest BCUT2D eigenvalue weighted by molar-refractivity contribution is 4.85. The van der Waals surface area contributed by atoms with Gasteiger partial charge < -0.3 is 5.73 Å². The van der Waals surface area contributed by atoms with Crippen molar-refractivity contribution in [2.75, 3.05) is 0 Å². The summed E-state index contributed by atoms with van der Waals surface area (Å²) >= 11 is 0. The Morgan fingerprint density at radius 2 is 1.57 bits per heavy atom. The molecule has 0 aromatic heterocycles. The topological polar surface area (TPSA) is 26.0 Å². The van der Waals surface area contributed by atoms with Crippen LogP contribution in [0.15, 0.2) is 0 Å². The highest BCUT2D eigenvalue weighted by Crippen LogP contribution is 2.34. The summed E-state index contributed by atoms with van der Waals surface area (Å²) in [6.45, 7) is 13.7. The average molecular weight is 199 g/mol. The van der Waals surface area contributed by atoms with Crippen molar-refractivity contribution < 1.29 is 0 Å². The van der Waals surface area contributed by atoms with Crippen molar-refractivity contribution in [3.8, 4) is 0 Å². The van der Waals surface area contributed by atoms with Crippen LogP contribution in [-0.4, -0.2) is 6.04 Å². The van der Waals surface area contributed by atoms with Gasteiger partial charge in [0.15, 0.2) is 0 Å². The van der Waals surface area contributed by atoms with Gasteiger partial charge in [-0.1, -0.05) is 54.4 Å². The highest BCUT2D eigenvalue weighted by atomic mass is 14.7. The number of hydrogen-bond donors (Lipinski definition) is 1. The fourth-order valence-electron chi connectivity index (χ4n) is 1.85. The van der Waals surface area contributed by atoms with Gasteiger partial charge in [-0.25, -0.2) is 0 Å². The van der Waals surface area contributed by atoms with E-state index in [1.807, 2.05) is 0 Å². The third-order valence-electron chi connectivity index (χ3n) is 3.63. The predicted octanol–water partition coefficient (Wildman–Crippen LogP) is 3.97. The second-order valence-electron chi connectivity index (χ2n) is 6.07. The fraction of sp³-hybridized carbons (Fsp3) is 1.00. The third kappa shape index (κ3) is 4.45. The lowest BCUT2D eigenvalue weighted by Crippen LogP contribution is -2.40. The molecule has 1 nitrogen and oxygen atoms in total. The maximum absolute atomic E-state index is 6.30. The molecule has 0 saturated carbocycles. The van der Waals surface area contributed by atoms with Crippen LogP contribution >= 0.6 is 0 Å². The zero-order chi connectivity index (χ0) is 11.4. The maximum Gasteiger partial charge on any atom is 0.00953 e. The molecule has 0 heterocycles. The molecule has 0 aliphatic carbocycles. The van der Waals surface area contributed by atoms with E-state index in [1.165, 1.54) is 19.3 Å². The zero-order valence-corrected chi connectivity index (χ0v) is 11.0. The summed E-state index contributed by atoms with van der Waals surface area (Å²) in [4.78, 5) is 0. The van der Waals surface area contributed by atoms with Gasteiger partial charge in [-0.05, 0) is 23.7 Å². The first-order chi connectivity index (χ1) is 6.25. The number of rotatable bonds is 6. The first-order valence-electron chi connectivity index (χ1n) is 6.01. The van der Waals surface area contributed by atoms with Crippen LogP contribution in [-0.2, 0) is 0 Å². The van der Waals surface area contributed by atoms with E-state index in [4.69, 9.17) is 5.73 Å². The first-order valence-corrected chi connectivity index (χ1v) is 6.01. The Morgan fingerprint density at radius 3 is 1.93 bits per heavy atom. The smallest absolute Gasteiger partial charge is 0.00953 e. The van der Waals surface area contributed by atoms with Crippen LogP contribution in [0.25, 0.3) is 0 Å². The van der Waals surface area contributed by atoms with Crippen molar-refractivity contribution in [3.05, 3.63) is 0 Å². The van der Waals surface area contributed by atoms with Gasteiger partial charge in [0.1, 0.15) is 0 Å². The Morgan fingerprint density at radius 1 is 1.07 bits per heavy atom. The molecule has 1 heteroatoms. The van der Waals surface area contributed by atoms with Gasteiger partial charge in [0.05, 0.1) is 0 Å². The SMILES string of the molecule is CCCC(C)(C)C(N)CC(C)(C)CC. The monoisotopic (exact) mass is 199 g/mol. The van der Waals surface area contributed by atoms with E-state index >= 15 is 0 Å². The van der Waals surface area contributed by atoms with Crippen molar-refractivity contribution >= 4 is 0 Å². The molecule has 0 aliphatic heterocycles. The minimum absolute atomic E-state index is 0.293. The van der Waals surface area contributed by atoms with Crippen LogP contribution in [0, 0.1) is 10.8 Å². The van der Waals surface area contributed by atoms with Gasteiger partial charge in [0, 0.05) is 6.04 Å². The molecule has 0 rings (SSSR count). The summed E-state index contributed by atoms with van der Waals surface area (Å²) in [6.07, 6.45) is 4.81. The molecule has 0 aromatic rings. The molecule has 0 amide bonds. The molecular formula is C13H29N. The van der Waals surface area contributed by atoms with Crippen molar-refractivity contribution in [2.24, 2.45) is 16.6 Å². The van der Waals surface area contributed by atoms with E-state index in [0.717, 1.165) is 6.42 Å². The molecule has 14 heavy (non-hydrogen) atoms. The summed E-state index contributed by atoms with van der Waals surface area (Å²) in [5.74, 6) is 0. The summed E-state index contributed by atoms with van der Waals surface area (Å²) in [6, 6.07) is 0.331. The van der Waals surface area contributed by atoms with Crippen molar-refractivity contribution in [3.63, 3.8) is 0 Å². The van der Waals surface area contributed by atoms with Crippen LogP contribution in [0.3, 0.4) is 0 Å². The number of nitrogens with two attached hydrogens (primary N) is 1. The average Bonchev–Trinajstić information content (AvgIpc) is 2.03. The molecule has 0 aliphatic rings. The minimum Gasteiger partial charge on any atom is -0.327 e. The lowest BCUT2D eigenvalue weighted by molar-refractivity contribution is 0.184. The standard InChI is InChI=1S/C13H29N/c1-7-9-13(5,6)11(14)10-12(3,4)8-2/h11H,7-10,14H2,1-6H3. The quantitative estimate of drug-likeness (QED) is 0.688. The molecular weight excluding hydrogens is 170 g/mol. The molecule has 0 aromatic carbocycles. The van der Waals surface area contributed by atoms with Gasteiger partial charge in [-0.3, -0.25) is 0 Å². The van der Waals surface area contributed by atoms with E-state index in [9.17, 15) is 0 Å². The molecule has 0 bridgehead atoms. The Balaban J connectivity index is 4.25. The summed E-state index contributed by atoms with van der Waals surface area (Å²) in [5, 5.41) is 0. The summed E-state index contributed by atoms with van der Waals surface area (Å²) in [7, 11) is 0. The molecule has 1 atom stereocenters. The Kier molecular flexibility index (Phi) is 5.14. The first kappa shape index (κ1) is 14.0. The van der Waals surface area contributed by atoms with E-state index in [-0.39, 0.29) is 0 Å². The molecule has 0 saturated heterocycles.